The molecule has 268 valence electrons. The topological polar surface area (TPSA) is 105 Å². The molecule has 2 aromatic rings. The number of amides is 4. The zero-order valence-electron chi connectivity index (χ0n) is 27.8. The highest BCUT2D eigenvalue weighted by atomic mass is 35.5. The largest absolute Gasteiger partial charge is 0.418 e. The van der Waals surface area contributed by atoms with Crippen LogP contribution in [0.2, 0.25) is 5.02 Å². The van der Waals surface area contributed by atoms with Crippen molar-refractivity contribution < 1.29 is 27.6 Å². The summed E-state index contributed by atoms with van der Waals surface area (Å²) in [5.41, 5.74) is 6.27. The minimum absolute atomic E-state index is 0.0199. The summed E-state index contributed by atoms with van der Waals surface area (Å²) >= 11 is 7.71. The van der Waals surface area contributed by atoms with Crippen LogP contribution >= 0.6 is 22.9 Å². The number of alkyl halides is 3. The molecule has 0 bridgehead atoms. The van der Waals surface area contributed by atoms with Gasteiger partial charge in [-0.3, -0.25) is 14.5 Å². The summed E-state index contributed by atoms with van der Waals surface area (Å²) in [7, 11) is 2.11. The molecule has 3 saturated heterocycles. The van der Waals surface area contributed by atoms with E-state index in [1.807, 2.05) is 10.3 Å². The first-order chi connectivity index (χ1) is 23.4. The van der Waals surface area contributed by atoms with E-state index < -0.39 is 23.3 Å². The van der Waals surface area contributed by atoms with Crippen LogP contribution in [-0.2, 0) is 28.6 Å². The minimum atomic E-state index is -4.72. The lowest BCUT2D eigenvalue weighted by Gasteiger charge is -2.42. The number of hydrogen-bond donors (Lipinski definition) is 2. The highest BCUT2D eigenvalue weighted by Gasteiger charge is 2.38. The van der Waals surface area contributed by atoms with Gasteiger partial charge in [0.1, 0.15) is 0 Å². The summed E-state index contributed by atoms with van der Waals surface area (Å²) in [5.74, 6) is -1.31. The Morgan fingerprint density at radius 3 is 2.29 bits per heavy atom. The fraction of sp³-hybridized carbons (Fsp3) is 0.618. The number of nitrogens with zero attached hydrogens (tertiary/aromatic N) is 5. The second-order valence-corrected chi connectivity index (χ2v) is 15.0. The van der Waals surface area contributed by atoms with Crippen molar-refractivity contribution in [2.45, 2.75) is 63.2 Å². The van der Waals surface area contributed by atoms with Crippen LogP contribution < -0.4 is 11.1 Å². The molecular weight excluding hydrogens is 679 g/mol. The predicted molar refractivity (Wildman–Crippen MR) is 185 cm³/mol. The Bertz CT molecular complexity index is 1520. The molecule has 4 aliphatic heterocycles. The van der Waals surface area contributed by atoms with Crippen LogP contribution in [0.4, 0.5) is 29.3 Å². The van der Waals surface area contributed by atoms with Crippen molar-refractivity contribution in [3.8, 4) is 0 Å². The summed E-state index contributed by atoms with van der Waals surface area (Å²) in [5, 5.41) is 6.76. The molecule has 0 saturated carbocycles. The van der Waals surface area contributed by atoms with Crippen molar-refractivity contribution in [1.82, 2.24) is 24.5 Å². The average molecular weight is 724 g/mol. The molecule has 10 nitrogen and oxygen atoms in total. The van der Waals surface area contributed by atoms with Crippen molar-refractivity contribution in [3.63, 3.8) is 0 Å². The van der Waals surface area contributed by atoms with E-state index >= 15 is 0 Å². The number of hydrogen-bond acceptors (Lipinski definition) is 7. The van der Waals surface area contributed by atoms with E-state index in [1.165, 1.54) is 6.07 Å². The SMILES string of the molecule is CN1CCN(C2CCN(C(=O)C(CC(=O)N3CCC(N4CCc5cscc5NC4=O)CC3)Cc3cc(Cl)c(N)c(C(F)(F)F)c3)CC2)CC1. The molecule has 1 unspecified atom stereocenters. The predicted octanol–water partition coefficient (Wildman–Crippen LogP) is 4.87. The molecule has 1 aromatic carbocycles. The van der Waals surface area contributed by atoms with Crippen LogP contribution in [0.3, 0.4) is 0 Å². The molecule has 3 fully saturated rings. The Kier molecular flexibility index (Phi) is 11.0. The molecular formula is C34H45ClF3N7O3S. The lowest BCUT2D eigenvalue weighted by atomic mass is 9.91. The van der Waals surface area contributed by atoms with Gasteiger partial charge in [-0.15, -0.1) is 11.3 Å². The fourth-order valence-corrected chi connectivity index (χ4v) is 8.79. The van der Waals surface area contributed by atoms with Gasteiger partial charge in [0.05, 0.1) is 27.9 Å². The van der Waals surface area contributed by atoms with Gasteiger partial charge in [-0.1, -0.05) is 11.6 Å². The number of piperidine rings is 2. The maximum Gasteiger partial charge on any atom is 0.418 e. The molecule has 6 rings (SSSR count). The lowest BCUT2D eigenvalue weighted by Crippen LogP contribution is -2.53. The maximum absolute atomic E-state index is 14.1. The molecule has 0 aliphatic carbocycles. The zero-order valence-corrected chi connectivity index (χ0v) is 29.4. The van der Waals surface area contributed by atoms with Crippen LogP contribution in [0.15, 0.2) is 22.9 Å². The quantitative estimate of drug-likeness (QED) is 0.396. The maximum atomic E-state index is 14.1. The van der Waals surface area contributed by atoms with Crippen molar-refractivity contribution in [2.24, 2.45) is 5.92 Å². The van der Waals surface area contributed by atoms with E-state index in [2.05, 4.69) is 27.5 Å². The average Bonchev–Trinajstić information content (AvgIpc) is 3.45. The standard InChI is InChI=1S/C34H45ClF3N7O3S/c1-41-12-14-42(15-13-41)25-3-9-44(10-4-25)32(47)24(16-22-17-27(34(36,37)38)31(39)28(35)18-22)19-30(46)43-7-5-26(6-8-43)45-11-2-23-20-49-21-29(23)40-33(45)48/h17-18,20-21,24-26H,2-16,19,39H2,1H3,(H,40,48). The first-order valence-electron chi connectivity index (χ1n) is 17.1. The third kappa shape index (κ3) is 8.29. The molecule has 3 N–H and O–H groups in total. The summed E-state index contributed by atoms with van der Waals surface area (Å²) in [4.78, 5) is 51.0. The van der Waals surface area contributed by atoms with Gasteiger partial charge in [-0.2, -0.15) is 13.2 Å². The number of piperazine rings is 1. The number of halogens is 4. The number of fused-ring (bicyclic) bond motifs is 1. The minimum Gasteiger partial charge on any atom is -0.397 e. The van der Waals surface area contributed by atoms with Gasteiger partial charge in [0.25, 0.3) is 0 Å². The van der Waals surface area contributed by atoms with Crippen molar-refractivity contribution in [3.05, 3.63) is 44.6 Å². The van der Waals surface area contributed by atoms with E-state index in [0.29, 0.717) is 51.6 Å². The monoisotopic (exact) mass is 723 g/mol. The Hall–Kier alpha value is -3.07. The first-order valence-corrected chi connectivity index (χ1v) is 18.5. The van der Waals surface area contributed by atoms with Gasteiger partial charge in [-0.25, -0.2) is 4.79 Å². The third-order valence-corrected chi connectivity index (χ3v) is 11.8. The van der Waals surface area contributed by atoms with Crippen LogP contribution in [0, 0.1) is 5.92 Å². The highest BCUT2D eigenvalue weighted by molar-refractivity contribution is 7.08. The number of nitrogens with two attached hydrogens (primary N) is 1. The molecule has 1 atom stereocenters. The molecule has 5 heterocycles. The Labute approximate surface area is 294 Å². The number of thiophene rings is 1. The van der Waals surface area contributed by atoms with Crippen LogP contribution in [0.1, 0.15) is 48.8 Å². The number of benzene rings is 1. The number of anilines is 2. The zero-order chi connectivity index (χ0) is 34.9. The number of nitrogen functional groups attached to an aromatic ring is 1. The van der Waals surface area contributed by atoms with Gasteiger partial charge in [0, 0.05) is 82.8 Å². The van der Waals surface area contributed by atoms with Gasteiger partial charge in [0.2, 0.25) is 11.8 Å². The van der Waals surface area contributed by atoms with E-state index in [1.54, 1.807) is 21.1 Å². The third-order valence-electron chi connectivity index (χ3n) is 10.7. The van der Waals surface area contributed by atoms with Crippen LogP contribution in [0.5, 0.6) is 0 Å². The van der Waals surface area contributed by atoms with Crippen molar-refractivity contribution in [2.75, 3.05) is 77.0 Å². The second-order valence-electron chi connectivity index (χ2n) is 13.8. The second kappa shape index (κ2) is 15.0. The van der Waals surface area contributed by atoms with Gasteiger partial charge in [-0.05, 0) is 74.2 Å². The van der Waals surface area contributed by atoms with E-state index in [-0.39, 0.29) is 47.3 Å². The van der Waals surface area contributed by atoms with Crippen LogP contribution in [0.25, 0.3) is 0 Å². The van der Waals surface area contributed by atoms with Gasteiger partial charge < -0.3 is 30.7 Å². The molecule has 49 heavy (non-hydrogen) atoms. The number of carbonyl (C=O) groups is 3. The summed E-state index contributed by atoms with van der Waals surface area (Å²) in [6, 6.07) is 2.54. The van der Waals surface area contributed by atoms with Gasteiger partial charge >= 0.3 is 12.2 Å². The summed E-state index contributed by atoms with van der Waals surface area (Å²) in [6.07, 6.45) is -1.32. The number of carbonyl (C=O) groups excluding carboxylic acids is 3. The number of urea groups is 1. The van der Waals surface area contributed by atoms with E-state index in [0.717, 1.165) is 62.8 Å². The summed E-state index contributed by atoms with van der Waals surface area (Å²) in [6.45, 7) is 6.51. The normalized spacial score (nSPS) is 21.3. The lowest BCUT2D eigenvalue weighted by molar-refractivity contribution is -0.143. The van der Waals surface area contributed by atoms with Gasteiger partial charge in [0.15, 0.2) is 0 Å². The van der Waals surface area contributed by atoms with Crippen molar-refractivity contribution in [1.29, 1.82) is 0 Å². The van der Waals surface area contributed by atoms with Crippen molar-refractivity contribution >= 4 is 52.2 Å². The molecule has 15 heteroatoms. The number of rotatable bonds is 7. The fourth-order valence-electron chi connectivity index (χ4n) is 7.73. The summed E-state index contributed by atoms with van der Waals surface area (Å²) < 4.78 is 41.4. The molecule has 0 spiro atoms. The number of likely N-dealkylation sites (tertiary alicyclic amines) is 2. The van der Waals surface area contributed by atoms with E-state index in [4.69, 9.17) is 17.3 Å². The molecule has 0 radical (unpaired) electrons. The Balaban J connectivity index is 1.12. The highest BCUT2D eigenvalue weighted by Crippen LogP contribution is 2.39. The Morgan fingerprint density at radius 1 is 0.959 bits per heavy atom. The molecule has 4 aliphatic rings. The first kappa shape index (κ1) is 35.7. The smallest absolute Gasteiger partial charge is 0.397 e. The molecule has 1 aromatic heterocycles. The molecule has 4 amide bonds. The van der Waals surface area contributed by atoms with E-state index in [9.17, 15) is 27.6 Å². The Morgan fingerprint density at radius 2 is 1.61 bits per heavy atom. The number of likely N-dealkylation sites (N-methyl/N-ethyl adjacent to an activating group) is 1. The number of nitrogens with one attached hydrogen (secondary N) is 1. The van der Waals surface area contributed by atoms with Crippen LogP contribution in [-0.4, -0.2) is 120 Å².